The molecule has 0 saturated heterocycles. The normalized spacial score (nSPS) is 27.0. The van der Waals surface area contributed by atoms with E-state index in [4.69, 9.17) is 16.3 Å². The Morgan fingerprint density at radius 1 is 1.32 bits per heavy atom. The molecule has 2 unspecified atom stereocenters. The Hall–Kier alpha value is -1.03. The van der Waals surface area contributed by atoms with E-state index in [1.807, 2.05) is 0 Å². The Kier molecular flexibility index (Phi) is 6.48. The van der Waals surface area contributed by atoms with Crippen LogP contribution < -0.4 is 5.32 Å². The van der Waals surface area contributed by atoms with Gasteiger partial charge in [0, 0.05) is 18.0 Å². The Bertz CT molecular complexity index is 447. The van der Waals surface area contributed by atoms with Crippen molar-refractivity contribution in [1.82, 2.24) is 5.32 Å². The van der Waals surface area contributed by atoms with Gasteiger partial charge in [0.2, 0.25) is 5.91 Å². The molecule has 5 heteroatoms. The molecule has 0 aliphatic heterocycles. The third-order valence-corrected chi connectivity index (χ3v) is 4.26. The average Bonchev–Trinajstić information content (AvgIpc) is 2.33. The first kappa shape index (κ1) is 19.0. The lowest BCUT2D eigenvalue weighted by atomic mass is 9.63. The van der Waals surface area contributed by atoms with Gasteiger partial charge in [0.15, 0.2) is 0 Å². The largest absolute Gasteiger partial charge is 0.462 e. The summed E-state index contributed by atoms with van der Waals surface area (Å²) in [5.74, 6) is -0.0905. The highest BCUT2D eigenvalue weighted by molar-refractivity contribution is 6.18. The molecule has 1 N–H and O–H groups in total. The summed E-state index contributed by atoms with van der Waals surface area (Å²) in [6, 6.07) is 0. The van der Waals surface area contributed by atoms with Crippen LogP contribution in [0.25, 0.3) is 0 Å². The summed E-state index contributed by atoms with van der Waals surface area (Å²) in [6.07, 6.45) is 2.68. The van der Waals surface area contributed by atoms with Crippen LogP contribution in [0.2, 0.25) is 0 Å². The Balaban J connectivity index is 2.71. The lowest BCUT2D eigenvalue weighted by Gasteiger charge is -2.46. The molecule has 0 heterocycles. The lowest BCUT2D eigenvalue weighted by molar-refractivity contribution is -0.155. The molecule has 126 valence electrons. The van der Waals surface area contributed by atoms with Crippen LogP contribution in [-0.2, 0) is 14.3 Å². The molecule has 4 nitrogen and oxygen atoms in total. The van der Waals surface area contributed by atoms with Crippen molar-refractivity contribution >= 4 is 23.5 Å². The van der Waals surface area contributed by atoms with E-state index in [1.165, 1.54) is 0 Å². The van der Waals surface area contributed by atoms with Crippen molar-refractivity contribution < 1.29 is 14.3 Å². The van der Waals surface area contributed by atoms with Gasteiger partial charge in [-0.05, 0) is 37.0 Å². The van der Waals surface area contributed by atoms with Crippen LogP contribution in [0.4, 0.5) is 0 Å². The SMILES string of the molecule is C=C(C)C(=O)NCC1(C)CC(OC(=O)CCCl)CC(C)(C)C1. The summed E-state index contributed by atoms with van der Waals surface area (Å²) in [7, 11) is 0. The predicted molar refractivity (Wildman–Crippen MR) is 88.8 cm³/mol. The molecule has 1 rings (SSSR count). The number of hydrogen-bond donors (Lipinski definition) is 1. The third kappa shape index (κ3) is 5.99. The number of rotatable bonds is 6. The second kappa shape index (κ2) is 7.49. The molecule has 1 aliphatic carbocycles. The van der Waals surface area contributed by atoms with Crippen molar-refractivity contribution in [3.05, 3.63) is 12.2 Å². The molecule has 22 heavy (non-hydrogen) atoms. The number of alkyl halides is 1. The molecule has 1 aliphatic rings. The molecule has 0 radical (unpaired) electrons. The zero-order valence-corrected chi connectivity index (χ0v) is 14.9. The molecular weight excluding hydrogens is 302 g/mol. The maximum Gasteiger partial charge on any atom is 0.307 e. The van der Waals surface area contributed by atoms with E-state index in [1.54, 1.807) is 6.92 Å². The molecule has 0 spiro atoms. The summed E-state index contributed by atoms with van der Waals surface area (Å²) >= 11 is 5.58. The van der Waals surface area contributed by atoms with Gasteiger partial charge in [-0.1, -0.05) is 27.4 Å². The molecule has 1 saturated carbocycles. The van der Waals surface area contributed by atoms with Gasteiger partial charge < -0.3 is 10.1 Å². The molecule has 1 amide bonds. The quantitative estimate of drug-likeness (QED) is 0.461. The fourth-order valence-corrected chi connectivity index (χ4v) is 3.68. The van der Waals surface area contributed by atoms with Crippen molar-refractivity contribution in [2.24, 2.45) is 10.8 Å². The molecule has 2 atom stereocenters. The van der Waals surface area contributed by atoms with Crippen molar-refractivity contribution in [2.45, 2.75) is 59.5 Å². The van der Waals surface area contributed by atoms with Gasteiger partial charge in [0.1, 0.15) is 6.10 Å². The number of hydrogen-bond acceptors (Lipinski definition) is 3. The number of ether oxygens (including phenoxy) is 1. The van der Waals surface area contributed by atoms with E-state index in [9.17, 15) is 9.59 Å². The highest BCUT2D eigenvalue weighted by Gasteiger charge is 2.42. The third-order valence-electron chi connectivity index (χ3n) is 4.07. The minimum atomic E-state index is -0.244. The van der Waals surface area contributed by atoms with Gasteiger partial charge in [-0.25, -0.2) is 0 Å². The van der Waals surface area contributed by atoms with E-state index in [-0.39, 0.29) is 41.1 Å². The fraction of sp³-hybridized carbons (Fsp3) is 0.765. The second-order valence-corrected chi connectivity index (χ2v) is 7.95. The molecular formula is C17H28ClNO3. The fourth-order valence-electron chi connectivity index (χ4n) is 3.52. The first-order valence-corrected chi connectivity index (χ1v) is 8.29. The number of amides is 1. The van der Waals surface area contributed by atoms with E-state index >= 15 is 0 Å². The Labute approximate surface area is 138 Å². The molecule has 0 aromatic carbocycles. The first-order valence-electron chi connectivity index (χ1n) is 7.76. The molecule has 0 aromatic rings. The van der Waals surface area contributed by atoms with E-state index in [0.29, 0.717) is 12.1 Å². The molecule has 1 fully saturated rings. The van der Waals surface area contributed by atoms with Crippen molar-refractivity contribution in [1.29, 1.82) is 0 Å². The Morgan fingerprint density at radius 2 is 1.95 bits per heavy atom. The minimum absolute atomic E-state index is 0.0624. The van der Waals surface area contributed by atoms with E-state index < -0.39 is 0 Å². The lowest BCUT2D eigenvalue weighted by Crippen LogP contribution is -2.46. The monoisotopic (exact) mass is 329 g/mol. The van der Waals surface area contributed by atoms with Crippen LogP contribution in [0.3, 0.4) is 0 Å². The number of carbonyl (C=O) groups is 2. The molecule has 0 bridgehead atoms. The number of nitrogens with one attached hydrogen (secondary N) is 1. The van der Waals surface area contributed by atoms with Crippen LogP contribution in [-0.4, -0.2) is 30.4 Å². The van der Waals surface area contributed by atoms with Gasteiger partial charge in [-0.15, -0.1) is 11.6 Å². The number of carbonyl (C=O) groups excluding carboxylic acids is 2. The van der Waals surface area contributed by atoms with Crippen LogP contribution in [0.5, 0.6) is 0 Å². The van der Waals surface area contributed by atoms with Crippen molar-refractivity contribution in [2.75, 3.05) is 12.4 Å². The summed E-state index contributed by atoms with van der Waals surface area (Å²) in [6.45, 7) is 12.4. The average molecular weight is 330 g/mol. The van der Waals surface area contributed by atoms with Crippen molar-refractivity contribution in [3.8, 4) is 0 Å². The van der Waals surface area contributed by atoms with Gasteiger partial charge in [0.05, 0.1) is 6.42 Å². The number of halogens is 1. The summed E-state index contributed by atoms with van der Waals surface area (Å²) in [5, 5.41) is 2.93. The summed E-state index contributed by atoms with van der Waals surface area (Å²) < 4.78 is 5.56. The highest BCUT2D eigenvalue weighted by atomic mass is 35.5. The van der Waals surface area contributed by atoms with Gasteiger partial charge in [0.25, 0.3) is 0 Å². The standard InChI is InChI=1S/C17H28ClNO3/c1-12(2)15(21)19-11-17(5)9-13(8-16(3,4)10-17)22-14(20)6-7-18/h13H,1,6-11H2,2-5H3,(H,19,21). The highest BCUT2D eigenvalue weighted by Crippen LogP contribution is 2.46. The van der Waals surface area contributed by atoms with Crippen LogP contribution in [0.1, 0.15) is 53.4 Å². The summed E-state index contributed by atoms with van der Waals surface area (Å²) in [4.78, 5) is 23.4. The molecule has 0 aromatic heterocycles. The van der Waals surface area contributed by atoms with Crippen LogP contribution in [0.15, 0.2) is 12.2 Å². The topological polar surface area (TPSA) is 55.4 Å². The van der Waals surface area contributed by atoms with Crippen LogP contribution >= 0.6 is 11.6 Å². The maximum absolute atomic E-state index is 11.7. The van der Waals surface area contributed by atoms with Crippen molar-refractivity contribution in [3.63, 3.8) is 0 Å². The summed E-state index contributed by atoms with van der Waals surface area (Å²) in [5.41, 5.74) is 0.467. The Morgan fingerprint density at radius 3 is 2.50 bits per heavy atom. The van der Waals surface area contributed by atoms with Gasteiger partial charge >= 0.3 is 5.97 Å². The van der Waals surface area contributed by atoms with Gasteiger partial charge in [-0.2, -0.15) is 0 Å². The van der Waals surface area contributed by atoms with Crippen LogP contribution in [0, 0.1) is 10.8 Å². The smallest absolute Gasteiger partial charge is 0.307 e. The minimum Gasteiger partial charge on any atom is -0.462 e. The zero-order valence-electron chi connectivity index (χ0n) is 14.1. The van der Waals surface area contributed by atoms with E-state index in [0.717, 1.165) is 19.3 Å². The second-order valence-electron chi connectivity index (χ2n) is 7.57. The van der Waals surface area contributed by atoms with E-state index in [2.05, 4.69) is 32.7 Å². The first-order chi connectivity index (χ1) is 10.1. The zero-order chi connectivity index (χ0) is 17.0. The maximum atomic E-state index is 11.7. The predicted octanol–water partition coefficient (Wildman–Crippen LogP) is 3.44. The number of esters is 1. The van der Waals surface area contributed by atoms with Gasteiger partial charge in [-0.3, -0.25) is 9.59 Å².